The monoisotopic (exact) mass is 199 g/mol. The normalized spacial score (nSPS) is 9.31. The second-order valence-corrected chi connectivity index (χ2v) is 4.17. The third kappa shape index (κ3) is 6.49. The van der Waals surface area contributed by atoms with Crippen LogP contribution in [0.1, 0.15) is 29.1 Å². The van der Waals surface area contributed by atoms with Gasteiger partial charge in [-0.05, 0) is 20.0 Å². The summed E-state index contributed by atoms with van der Waals surface area (Å²) in [5.74, 6) is 0. The molecule has 0 aliphatic rings. The molecular formula is C10H17NOS. The van der Waals surface area contributed by atoms with Crippen LogP contribution >= 0.6 is 11.3 Å². The van der Waals surface area contributed by atoms with Crippen LogP contribution in [-0.4, -0.2) is 19.4 Å². The predicted octanol–water partition coefficient (Wildman–Crippen LogP) is 2.48. The first kappa shape index (κ1) is 12.3. The number of thiophene rings is 1. The van der Waals surface area contributed by atoms with Crippen molar-refractivity contribution < 1.29 is 4.79 Å². The minimum Gasteiger partial charge on any atom is -0.318 e. The summed E-state index contributed by atoms with van der Waals surface area (Å²) < 4.78 is 0. The van der Waals surface area contributed by atoms with Gasteiger partial charge < -0.3 is 5.32 Å². The summed E-state index contributed by atoms with van der Waals surface area (Å²) in [5.41, 5.74) is 0.785. The minimum atomic E-state index is 0.634. The molecule has 0 aromatic carbocycles. The van der Waals surface area contributed by atoms with E-state index >= 15 is 0 Å². The molecule has 3 heteroatoms. The van der Waals surface area contributed by atoms with E-state index in [1.54, 1.807) is 11.3 Å². The lowest BCUT2D eigenvalue weighted by molar-refractivity contribution is 0.112. The zero-order valence-electron chi connectivity index (χ0n) is 8.63. The second-order valence-electron chi connectivity index (χ2n) is 3.05. The van der Waals surface area contributed by atoms with Gasteiger partial charge in [0.05, 0.1) is 0 Å². The molecular weight excluding hydrogens is 182 g/mol. The minimum absolute atomic E-state index is 0.634. The van der Waals surface area contributed by atoms with Crippen molar-refractivity contribution in [2.75, 3.05) is 7.05 Å². The smallest absolute Gasteiger partial charge is 0.150 e. The first-order valence-electron chi connectivity index (χ1n) is 4.27. The van der Waals surface area contributed by atoms with Crippen molar-refractivity contribution in [3.8, 4) is 0 Å². The average Bonchev–Trinajstić information content (AvgIpc) is 2.52. The van der Waals surface area contributed by atoms with Crippen LogP contribution in [0.2, 0.25) is 0 Å². The summed E-state index contributed by atoms with van der Waals surface area (Å²) in [5, 5.41) is 4.88. The van der Waals surface area contributed by atoms with Gasteiger partial charge in [0.1, 0.15) is 0 Å². The number of carbonyl (C=O) groups is 1. The molecule has 0 unspecified atom stereocenters. The molecule has 0 spiro atoms. The van der Waals surface area contributed by atoms with Crippen LogP contribution in [0.5, 0.6) is 0 Å². The summed E-state index contributed by atoms with van der Waals surface area (Å²) in [6.45, 7) is 6.21. The van der Waals surface area contributed by atoms with Gasteiger partial charge in [-0.25, -0.2) is 0 Å². The van der Waals surface area contributed by atoms with Gasteiger partial charge in [-0.1, -0.05) is 13.8 Å². The lowest BCUT2D eigenvalue weighted by Gasteiger charge is -1.95. The highest BCUT2D eigenvalue weighted by atomic mass is 32.1. The Morgan fingerprint density at radius 2 is 2.08 bits per heavy atom. The lowest BCUT2D eigenvalue weighted by Crippen LogP contribution is -2.15. The Kier molecular flexibility index (Phi) is 6.45. The average molecular weight is 199 g/mol. The molecule has 0 bridgehead atoms. The van der Waals surface area contributed by atoms with Crippen molar-refractivity contribution in [1.82, 2.24) is 5.32 Å². The molecule has 1 heterocycles. The maximum Gasteiger partial charge on any atom is 0.150 e. The Morgan fingerprint density at radius 1 is 1.54 bits per heavy atom. The number of nitrogens with one attached hydrogen (secondary N) is 1. The van der Waals surface area contributed by atoms with E-state index in [2.05, 4.69) is 19.2 Å². The standard InChI is InChI=1S/C6H6OS.C4H11N/c1-5-2-6(3-7)4-8-5;1-4(2)5-3/h2-4H,1H3;4-5H,1-3H3. The van der Waals surface area contributed by atoms with Crippen molar-refractivity contribution in [3.05, 3.63) is 21.9 Å². The van der Waals surface area contributed by atoms with Gasteiger partial charge >= 0.3 is 0 Å². The maximum absolute atomic E-state index is 10.0. The molecule has 0 saturated carbocycles. The first-order chi connectivity index (χ1) is 6.10. The lowest BCUT2D eigenvalue weighted by atomic mass is 10.3. The molecule has 1 rings (SSSR count). The molecule has 1 aromatic heterocycles. The zero-order chi connectivity index (χ0) is 10.3. The van der Waals surface area contributed by atoms with Crippen molar-refractivity contribution in [2.24, 2.45) is 0 Å². The highest BCUT2D eigenvalue weighted by Crippen LogP contribution is 2.09. The number of hydrogen-bond donors (Lipinski definition) is 1. The Morgan fingerprint density at radius 3 is 2.23 bits per heavy atom. The van der Waals surface area contributed by atoms with E-state index in [4.69, 9.17) is 0 Å². The van der Waals surface area contributed by atoms with Gasteiger partial charge in [0.2, 0.25) is 0 Å². The quantitative estimate of drug-likeness (QED) is 0.741. The molecule has 0 radical (unpaired) electrons. The molecule has 0 aliphatic heterocycles. The molecule has 0 atom stereocenters. The molecule has 0 fully saturated rings. The van der Waals surface area contributed by atoms with E-state index in [1.165, 1.54) is 4.88 Å². The van der Waals surface area contributed by atoms with E-state index in [0.29, 0.717) is 6.04 Å². The number of aldehydes is 1. The second kappa shape index (κ2) is 6.80. The topological polar surface area (TPSA) is 29.1 Å². The fraction of sp³-hybridized carbons (Fsp3) is 0.500. The summed E-state index contributed by atoms with van der Waals surface area (Å²) in [7, 11) is 1.95. The number of carbonyl (C=O) groups excluding carboxylic acids is 1. The largest absolute Gasteiger partial charge is 0.318 e. The Labute approximate surface area is 84.0 Å². The predicted molar refractivity (Wildman–Crippen MR) is 58.6 cm³/mol. The molecule has 1 aromatic rings. The maximum atomic E-state index is 10.0. The van der Waals surface area contributed by atoms with Gasteiger partial charge in [0, 0.05) is 21.9 Å². The van der Waals surface area contributed by atoms with Crippen molar-refractivity contribution >= 4 is 17.6 Å². The highest BCUT2D eigenvalue weighted by molar-refractivity contribution is 7.10. The molecule has 13 heavy (non-hydrogen) atoms. The summed E-state index contributed by atoms with van der Waals surface area (Å²) in [6.07, 6.45) is 0.865. The number of hydrogen-bond acceptors (Lipinski definition) is 3. The van der Waals surface area contributed by atoms with Crippen LogP contribution in [0, 0.1) is 6.92 Å². The van der Waals surface area contributed by atoms with E-state index in [9.17, 15) is 4.79 Å². The van der Waals surface area contributed by atoms with Gasteiger partial charge in [-0.15, -0.1) is 11.3 Å². The molecule has 74 valence electrons. The van der Waals surface area contributed by atoms with Gasteiger partial charge in [-0.3, -0.25) is 4.79 Å². The molecule has 0 amide bonds. The van der Waals surface area contributed by atoms with Gasteiger partial charge in [0.25, 0.3) is 0 Å². The SMILES string of the molecule is CNC(C)C.Cc1cc(C=O)cs1. The van der Waals surface area contributed by atoms with Crippen molar-refractivity contribution in [3.63, 3.8) is 0 Å². The van der Waals surface area contributed by atoms with Crippen molar-refractivity contribution in [1.29, 1.82) is 0 Å². The highest BCUT2D eigenvalue weighted by Gasteiger charge is 1.89. The zero-order valence-corrected chi connectivity index (χ0v) is 9.44. The van der Waals surface area contributed by atoms with Crippen LogP contribution in [0.15, 0.2) is 11.4 Å². The van der Waals surface area contributed by atoms with Crippen LogP contribution in [0.25, 0.3) is 0 Å². The van der Waals surface area contributed by atoms with E-state index in [-0.39, 0.29) is 0 Å². The van der Waals surface area contributed by atoms with Crippen LogP contribution in [0.4, 0.5) is 0 Å². The van der Waals surface area contributed by atoms with Gasteiger partial charge in [0.15, 0.2) is 6.29 Å². The fourth-order valence-corrected chi connectivity index (χ4v) is 1.18. The molecule has 0 saturated heterocycles. The Bertz CT molecular complexity index is 243. The molecule has 0 aliphatic carbocycles. The Hall–Kier alpha value is -0.670. The van der Waals surface area contributed by atoms with Gasteiger partial charge in [-0.2, -0.15) is 0 Å². The summed E-state index contributed by atoms with van der Waals surface area (Å²) in [6, 6.07) is 2.51. The number of rotatable bonds is 2. The van der Waals surface area contributed by atoms with E-state index in [1.807, 2.05) is 25.4 Å². The third-order valence-corrected chi connectivity index (χ3v) is 2.34. The third-order valence-electron chi connectivity index (χ3n) is 1.46. The van der Waals surface area contributed by atoms with E-state index in [0.717, 1.165) is 11.8 Å². The van der Waals surface area contributed by atoms with Crippen LogP contribution in [-0.2, 0) is 0 Å². The van der Waals surface area contributed by atoms with Crippen LogP contribution in [0.3, 0.4) is 0 Å². The van der Waals surface area contributed by atoms with Crippen LogP contribution < -0.4 is 5.32 Å². The van der Waals surface area contributed by atoms with Crippen molar-refractivity contribution in [2.45, 2.75) is 26.8 Å². The van der Waals surface area contributed by atoms with E-state index < -0.39 is 0 Å². The fourth-order valence-electron chi connectivity index (χ4n) is 0.526. The molecule has 2 nitrogen and oxygen atoms in total. The summed E-state index contributed by atoms with van der Waals surface area (Å²) in [4.78, 5) is 11.2. The Balaban J connectivity index is 0.000000252. The first-order valence-corrected chi connectivity index (χ1v) is 5.15. The summed E-state index contributed by atoms with van der Waals surface area (Å²) >= 11 is 1.60. The molecule has 1 N–H and O–H groups in total. The number of aryl methyl sites for hydroxylation is 1.